The molecule has 9 heteroatoms. The molecule has 6 aromatic rings. The average molecular weight is 558 g/mol. The van der Waals surface area contributed by atoms with Crippen molar-refractivity contribution >= 4 is 44.1 Å². The summed E-state index contributed by atoms with van der Waals surface area (Å²) in [6, 6.07) is 22.4. The smallest absolute Gasteiger partial charge is 0.344 e. The maximum Gasteiger partial charge on any atom is 0.344 e. The lowest BCUT2D eigenvalue weighted by molar-refractivity contribution is 0.422. The van der Waals surface area contributed by atoms with Gasteiger partial charge in [0.15, 0.2) is 17.2 Å². The van der Waals surface area contributed by atoms with Gasteiger partial charge in [0.25, 0.3) is 0 Å². The molecule has 3 aromatic heterocycles. The number of hydrogen-bond acceptors (Lipinski definition) is 6. The monoisotopic (exact) mass is 556 g/mol. The fourth-order valence-corrected chi connectivity index (χ4v) is 5.26. The van der Waals surface area contributed by atoms with Crippen LogP contribution in [0.25, 0.3) is 28.0 Å². The Hall–Kier alpha value is -4.01. The van der Waals surface area contributed by atoms with E-state index in [9.17, 15) is 4.79 Å². The molecule has 7 rings (SSSR count). The number of hydrogen-bond donors (Lipinski definition) is 0. The highest BCUT2D eigenvalue weighted by molar-refractivity contribution is 9.10. The van der Waals surface area contributed by atoms with Crippen molar-refractivity contribution in [2.45, 2.75) is 5.92 Å². The molecule has 174 valence electrons. The molecular formula is C27H14BrClN4O3. The van der Waals surface area contributed by atoms with E-state index in [2.05, 4.69) is 26.0 Å². The molecule has 1 unspecified atom stereocenters. The first-order valence-electron chi connectivity index (χ1n) is 11.1. The van der Waals surface area contributed by atoms with Crippen LogP contribution in [0, 0.1) is 0 Å². The molecule has 0 N–H and O–H groups in total. The summed E-state index contributed by atoms with van der Waals surface area (Å²) in [7, 11) is 0. The number of rotatable bonds is 2. The van der Waals surface area contributed by atoms with Crippen molar-refractivity contribution < 1.29 is 9.15 Å². The molecule has 0 saturated heterocycles. The first-order valence-corrected chi connectivity index (χ1v) is 12.2. The summed E-state index contributed by atoms with van der Waals surface area (Å²) in [5.74, 6) is 0.742. The second-order valence-electron chi connectivity index (χ2n) is 8.36. The van der Waals surface area contributed by atoms with Crippen molar-refractivity contribution in [1.82, 2.24) is 19.6 Å². The standard InChI is InChI=1S/C27H14BrClN4O3/c28-18-7-3-1-5-16(18)24-31-25-22-20(14-9-11-15(29)12-10-14)21-23(36-26(22)30-13-33(25)32-24)17-6-2-4-8-19(17)35-27(21)34/h1-13,20H. The Morgan fingerprint density at radius 3 is 2.56 bits per heavy atom. The fourth-order valence-electron chi connectivity index (χ4n) is 4.67. The summed E-state index contributed by atoms with van der Waals surface area (Å²) < 4.78 is 14.5. The van der Waals surface area contributed by atoms with E-state index < -0.39 is 11.5 Å². The zero-order chi connectivity index (χ0) is 24.4. The normalized spacial score (nSPS) is 14.4. The molecule has 4 heterocycles. The van der Waals surface area contributed by atoms with Gasteiger partial charge in [0.2, 0.25) is 5.88 Å². The highest BCUT2D eigenvalue weighted by atomic mass is 79.9. The quantitative estimate of drug-likeness (QED) is 0.223. The average Bonchev–Trinajstić information content (AvgIpc) is 3.33. The van der Waals surface area contributed by atoms with Crippen molar-refractivity contribution in [2.24, 2.45) is 0 Å². The van der Waals surface area contributed by atoms with Crippen LogP contribution >= 0.6 is 27.5 Å². The third-order valence-corrected chi connectivity index (χ3v) is 7.22. The largest absolute Gasteiger partial charge is 0.437 e. The molecule has 36 heavy (non-hydrogen) atoms. The van der Waals surface area contributed by atoms with E-state index >= 15 is 0 Å². The van der Waals surface area contributed by atoms with E-state index in [1.807, 2.05) is 54.6 Å². The Balaban J connectivity index is 1.55. The number of ether oxygens (including phenoxy) is 1. The van der Waals surface area contributed by atoms with Gasteiger partial charge in [-0.2, -0.15) is 0 Å². The van der Waals surface area contributed by atoms with E-state index in [1.54, 1.807) is 29.0 Å². The Morgan fingerprint density at radius 2 is 1.72 bits per heavy atom. The molecule has 0 bridgehead atoms. The summed E-state index contributed by atoms with van der Waals surface area (Å²) >= 11 is 9.77. The van der Waals surface area contributed by atoms with Gasteiger partial charge in [-0.05, 0) is 42.0 Å². The van der Waals surface area contributed by atoms with Crippen LogP contribution < -0.4 is 10.4 Å². The second kappa shape index (κ2) is 8.01. The zero-order valence-corrected chi connectivity index (χ0v) is 20.7. The summed E-state index contributed by atoms with van der Waals surface area (Å²) in [4.78, 5) is 22.8. The number of nitrogens with zero attached hydrogens (tertiary/aromatic N) is 4. The minimum Gasteiger partial charge on any atom is -0.437 e. The molecule has 1 atom stereocenters. The minimum absolute atomic E-state index is 0.358. The van der Waals surface area contributed by atoms with Gasteiger partial charge < -0.3 is 9.15 Å². The van der Waals surface area contributed by atoms with E-state index in [1.165, 1.54) is 0 Å². The predicted octanol–water partition coefficient (Wildman–Crippen LogP) is 6.60. The maximum atomic E-state index is 13.4. The van der Waals surface area contributed by atoms with Crippen LogP contribution in [-0.2, 0) is 0 Å². The highest BCUT2D eigenvalue weighted by Crippen LogP contribution is 2.49. The zero-order valence-electron chi connectivity index (χ0n) is 18.4. The number of fused-ring (bicyclic) bond motifs is 6. The Kier molecular flexibility index (Phi) is 4.74. The third-order valence-electron chi connectivity index (χ3n) is 6.28. The van der Waals surface area contributed by atoms with E-state index in [4.69, 9.17) is 25.7 Å². The molecule has 1 aliphatic rings. The number of para-hydroxylation sites is 1. The van der Waals surface area contributed by atoms with Gasteiger partial charge in [-0.15, -0.1) is 5.10 Å². The van der Waals surface area contributed by atoms with E-state index in [-0.39, 0.29) is 0 Å². The first kappa shape index (κ1) is 21.3. The van der Waals surface area contributed by atoms with Crippen LogP contribution in [0.15, 0.2) is 92.8 Å². The maximum absolute atomic E-state index is 13.4. The summed E-state index contributed by atoms with van der Waals surface area (Å²) in [6.07, 6.45) is 1.57. The number of aromatic nitrogens is 4. The molecule has 1 aliphatic heterocycles. The van der Waals surface area contributed by atoms with Crippen molar-refractivity contribution in [3.63, 3.8) is 0 Å². The van der Waals surface area contributed by atoms with Gasteiger partial charge in [-0.3, -0.25) is 0 Å². The fraction of sp³-hybridized carbons (Fsp3) is 0.0370. The summed E-state index contributed by atoms with van der Waals surface area (Å²) in [6.45, 7) is 0. The van der Waals surface area contributed by atoms with Gasteiger partial charge in [0.1, 0.15) is 11.9 Å². The first-order chi connectivity index (χ1) is 17.6. The van der Waals surface area contributed by atoms with Gasteiger partial charge in [-0.25, -0.2) is 19.3 Å². The molecule has 0 saturated carbocycles. The van der Waals surface area contributed by atoms with Gasteiger partial charge >= 0.3 is 5.63 Å². The van der Waals surface area contributed by atoms with Crippen LogP contribution in [0.2, 0.25) is 5.02 Å². The van der Waals surface area contributed by atoms with Gasteiger partial charge in [-0.1, -0.05) is 63.9 Å². The van der Waals surface area contributed by atoms with Crippen LogP contribution in [0.1, 0.15) is 22.6 Å². The van der Waals surface area contributed by atoms with Crippen molar-refractivity contribution in [3.05, 3.63) is 116 Å². The van der Waals surface area contributed by atoms with Crippen LogP contribution in [0.5, 0.6) is 11.6 Å². The lowest BCUT2D eigenvalue weighted by atomic mass is 9.84. The number of halogens is 2. The lowest BCUT2D eigenvalue weighted by Gasteiger charge is -2.27. The summed E-state index contributed by atoms with van der Waals surface area (Å²) in [5.41, 5.74) is 3.16. The Labute approximate surface area is 217 Å². The van der Waals surface area contributed by atoms with Crippen LogP contribution in [0.4, 0.5) is 0 Å². The molecule has 0 fully saturated rings. The van der Waals surface area contributed by atoms with Crippen molar-refractivity contribution in [3.8, 4) is 23.0 Å². The topological polar surface area (TPSA) is 82.5 Å². The van der Waals surface area contributed by atoms with Crippen molar-refractivity contribution in [2.75, 3.05) is 0 Å². The second-order valence-corrected chi connectivity index (χ2v) is 9.65. The van der Waals surface area contributed by atoms with Gasteiger partial charge in [0, 0.05) is 15.1 Å². The van der Waals surface area contributed by atoms with Crippen molar-refractivity contribution in [1.29, 1.82) is 0 Å². The lowest BCUT2D eigenvalue weighted by Crippen LogP contribution is -2.22. The van der Waals surface area contributed by atoms with Crippen LogP contribution in [0.3, 0.4) is 0 Å². The summed E-state index contributed by atoms with van der Waals surface area (Å²) in [5, 5.41) is 5.94. The number of benzene rings is 3. The third kappa shape index (κ3) is 3.18. The van der Waals surface area contributed by atoms with Gasteiger partial charge in [0.05, 0.1) is 22.4 Å². The molecule has 0 spiro atoms. The highest BCUT2D eigenvalue weighted by Gasteiger charge is 2.37. The molecule has 7 nitrogen and oxygen atoms in total. The minimum atomic E-state index is -0.561. The molecule has 0 radical (unpaired) electrons. The Morgan fingerprint density at radius 1 is 0.944 bits per heavy atom. The van der Waals surface area contributed by atoms with E-state index in [0.29, 0.717) is 50.2 Å². The molecule has 0 amide bonds. The molecule has 0 aliphatic carbocycles. The van der Waals surface area contributed by atoms with Crippen LogP contribution in [-0.4, -0.2) is 19.6 Å². The molecule has 3 aromatic carbocycles. The molecular weight excluding hydrogens is 544 g/mol. The van der Waals surface area contributed by atoms with E-state index in [0.717, 1.165) is 15.6 Å². The predicted molar refractivity (Wildman–Crippen MR) is 139 cm³/mol. The SMILES string of the molecule is O=c1oc2ccccc2c2c1C(c1ccc(Cl)cc1)c1c(ncn3nc(-c4ccccc4Br)nc13)O2. The Bertz CT molecular complexity index is 1880.